The van der Waals surface area contributed by atoms with Crippen molar-refractivity contribution in [3.05, 3.63) is 117 Å². The highest BCUT2D eigenvalue weighted by Gasteiger charge is 2.36. The van der Waals surface area contributed by atoms with Gasteiger partial charge in [0.15, 0.2) is 0 Å². The minimum atomic E-state index is 0.325. The molecule has 8 heteroatoms. The lowest BCUT2D eigenvalue weighted by molar-refractivity contribution is 0.187. The van der Waals surface area contributed by atoms with Crippen molar-refractivity contribution in [3.63, 3.8) is 0 Å². The van der Waals surface area contributed by atoms with Gasteiger partial charge < -0.3 is 20.4 Å². The van der Waals surface area contributed by atoms with Crippen LogP contribution < -0.4 is 20.4 Å². The van der Waals surface area contributed by atoms with Gasteiger partial charge >= 0.3 is 0 Å². The lowest BCUT2D eigenvalue weighted by atomic mass is 9.77. The molecule has 0 saturated carbocycles. The summed E-state index contributed by atoms with van der Waals surface area (Å²) >= 11 is 0. The molecule has 5 atom stereocenters. The van der Waals surface area contributed by atoms with Crippen molar-refractivity contribution < 1.29 is 0 Å². The molecule has 0 radical (unpaired) electrons. The van der Waals surface area contributed by atoms with Gasteiger partial charge in [0, 0.05) is 94.1 Å². The maximum atomic E-state index is 5.21. The summed E-state index contributed by atoms with van der Waals surface area (Å²) < 4.78 is 0. The van der Waals surface area contributed by atoms with Crippen LogP contribution in [0.15, 0.2) is 67.0 Å². The molecule has 2 aromatic carbocycles. The molecule has 60 heavy (non-hydrogen) atoms. The van der Waals surface area contributed by atoms with Crippen LogP contribution in [0.3, 0.4) is 0 Å². The number of anilines is 2. The minimum Gasteiger partial charge on any atom is -0.371 e. The summed E-state index contributed by atoms with van der Waals surface area (Å²) in [7, 11) is 4.69. The Hall–Kier alpha value is -3.82. The molecule has 1 unspecified atom stereocenters. The van der Waals surface area contributed by atoms with Crippen LogP contribution in [0.2, 0.25) is 0 Å². The van der Waals surface area contributed by atoms with Gasteiger partial charge in [0.1, 0.15) is 0 Å². The van der Waals surface area contributed by atoms with Gasteiger partial charge in [0.25, 0.3) is 0 Å². The number of fused-ring (bicyclic) bond motifs is 4. The summed E-state index contributed by atoms with van der Waals surface area (Å²) in [5, 5.41) is 7.99. The van der Waals surface area contributed by atoms with Crippen LogP contribution in [-0.2, 0) is 32.4 Å². The molecular formula is C52H70N8. The number of piperidine rings is 2. The van der Waals surface area contributed by atoms with Crippen molar-refractivity contribution in [3.8, 4) is 0 Å². The topological polar surface area (TPSA) is 62.8 Å². The smallest absolute Gasteiger partial charge is 0.0613 e. The third-order valence-corrected chi connectivity index (χ3v) is 15.8. The Bertz CT molecular complexity index is 2120. The van der Waals surface area contributed by atoms with E-state index in [1.807, 2.05) is 12.4 Å². The molecule has 4 aliphatic heterocycles. The Morgan fingerprint density at radius 3 is 1.93 bits per heavy atom. The fourth-order valence-corrected chi connectivity index (χ4v) is 12.2. The standard InChI is InChI=1S/C52H70N8/c1-35-17-23-59(24-18-35)47-13-6-10-38-31-55-41(29-45(38)47)34-58(4)49-16-15-43(44-12-8-22-54-52(44)49)39-27-40-32-56-42(30-46(40)50(28-39)60-25-19-36(2)20-26-60)33-57(3)48-14-5-9-37-11-7-21-53-51(37)48/h6-8,10-13,21-22,27-28,35-36,41-43,48-49,55-56H,5,9,14-20,23-26,29-34H2,1-4H3/t41-,42+,43?,48-,49-/m0/s1. The van der Waals surface area contributed by atoms with Crippen LogP contribution >= 0.6 is 0 Å². The number of rotatable bonds is 9. The largest absolute Gasteiger partial charge is 0.371 e. The molecule has 2 N–H and O–H groups in total. The van der Waals surface area contributed by atoms with Crippen LogP contribution in [0.4, 0.5) is 11.4 Å². The van der Waals surface area contributed by atoms with E-state index in [0.29, 0.717) is 30.1 Å². The van der Waals surface area contributed by atoms with Crippen molar-refractivity contribution in [2.75, 3.05) is 63.2 Å². The number of benzene rings is 2. The zero-order valence-electron chi connectivity index (χ0n) is 37.0. The predicted molar refractivity (Wildman–Crippen MR) is 246 cm³/mol. The third kappa shape index (κ3) is 8.14. The van der Waals surface area contributed by atoms with Crippen molar-refractivity contribution >= 4 is 11.4 Å². The summed E-state index contributed by atoms with van der Waals surface area (Å²) in [6.07, 6.45) is 17.3. The highest BCUT2D eigenvalue weighted by molar-refractivity contribution is 5.62. The molecule has 4 aromatic rings. The van der Waals surface area contributed by atoms with E-state index in [0.717, 1.165) is 83.2 Å². The van der Waals surface area contributed by atoms with E-state index in [2.05, 4.69) is 113 Å². The van der Waals surface area contributed by atoms with E-state index >= 15 is 0 Å². The fraction of sp³-hybridized carbons (Fsp3) is 0.577. The second-order valence-electron chi connectivity index (χ2n) is 20.0. The summed E-state index contributed by atoms with van der Waals surface area (Å²) in [5.41, 5.74) is 16.1. The normalized spacial score (nSPS) is 26.1. The average Bonchev–Trinajstić information content (AvgIpc) is 3.28. The lowest BCUT2D eigenvalue weighted by Crippen LogP contribution is -2.46. The first-order chi connectivity index (χ1) is 29.4. The summed E-state index contributed by atoms with van der Waals surface area (Å²) in [5.74, 6) is 2.01. The Morgan fingerprint density at radius 2 is 1.22 bits per heavy atom. The molecule has 2 saturated heterocycles. The van der Waals surface area contributed by atoms with Gasteiger partial charge in [-0.25, -0.2) is 0 Å². The fourth-order valence-electron chi connectivity index (χ4n) is 12.2. The van der Waals surface area contributed by atoms with E-state index < -0.39 is 0 Å². The van der Waals surface area contributed by atoms with Crippen molar-refractivity contribution in [1.82, 2.24) is 30.4 Å². The highest BCUT2D eigenvalue weighted by Crippen LogP contribution is 2.45. The molecule has 0 amide bonds. The molecule has 318 valence electrons. The predicted octanol–water partition coefficient (Wildman–Crippen LogP) is 8.59. The van der Waals surface area contributed by atoms with Gasteiger partial charge in [-0.1, -0.05) is 44.2 Å². The monoisotopic (exact) mass is 807 g/mol. The molecule has 0 spiro atoms. The van der Waals surface area contributed by atoms with E-state index in [9.17, 15) is 0 Å². The summed E-state index contributed by atoms with van der Waals surface area (Å²) in [4.78, 5) is 20.8. The molecular weight excluding hydrogens is 737 g/mol. The van der Waals surface area contributed by atoms with Crippen molar-refractivity contribution in [2.24, 2.45) is 11.8 Å². The molecule has 2 fully saturated rings. The third-order valence-electron chi connectivity index (χ3n) is 15.8. The number of nitrogens with zero attached hydrogens (tertiary/aromatic N) is 6. The molecule has 2 aliphatic carbocycles. The number of pyridine rings is 2. The zero-order chi connectivity index (χ0) is 40.7. The molecule has 6 heterocycles. The number of aromatic nitrogens is 2. The lowest BCUT2D eigenvalue weighted by Gasteiger charge is -2.41. The number of aryl methyl sites for hydroxylation is 1. The number of likely N-dealkylation sites (N-methyl/N-ethyl adjacent to an activating group) is 2. The van der Waals surface area contributed by atoms with Crippen LogP contribution in [0.1, 0.15) is 134 Å². The average molecular weight is 807 g/mol. The Kier molecular flexibility index (Phi) is 11.8. The molecule has 10 rings (SSSR count). The molecule has 0 bridgehead atoms. The number of hydrogen-bond donors (Lipinski definition) is 2. The SMILES string of the molecule is CC1CCN(c2cc(C3CC[C@H](N(C)C[C@@H]4Cc5c(cccc5N5CCC(C)CC5)CN4)c4ncccc43)cc3c2C[C@H](CN(C)[C@H]2CCCc4cccnc42)NC3)CC1. The van der Waals surface area contributed by atoms with Crippen LogP contribution in [0, 0.1) is 11.8 Å². The minimum absolute atomic E-state index is 0.325. The van der Waals surface area contributed by atoms with Crippen LogP contribution in [-0.4, -0.2) is 85.2 Å². The Labute approximate surface area is 360 Å². The number of nitrogens with one attached hydrogen (secondary N) is 2. The number of hydrogen-bond acceptors (Lipinski definition) is 8. The van der Waals surface area contributed by atoms with E-state index in [4.69, 9.17) is 9.97 Å². The quantitative estimate of drug-likeness (QED) is 0.175. The second kappa shape index (κ2) is 17.5. The molecule has 8 nitrogen and oxygen atoms in total. The maximum Gasteiger partial charge on any atom is 0.0613 e. The first-order valence-corrected chi connectivity index (χ1v) is 23.9. The summed E-state index contributed by atoms with van der Waals surface area (Å²) in [6, 6.07) is 22.8. The maximum absolute atomic E-state index is 5.21. The van der Waals surface area contributed by atoms with E-state index in [-0.39, 0.29) is 0 Å². The van der Waals surface area contributed by atoms with Crippen LogP contribution in [0.5, 0.6) is 0 Å². The summed E-state index contributed by atoms with van der Waals surface area (Å²) in [6.45, 7) is 13.5. The van der Waals surface area contributed by atoms with Gasteiger partial charge in [-0.05, 0) is 160 Å². The van der Waals surface area contributed by atoms with Gasteiger partial charge in [-0.2, -0.15) is 0 Å². The molecule has 2 aromatic heterocycles. The van der Waals surface area contributed by atoms with E-state index in [1.54, 1.807) is 11.1 Å². The molecule has 6 aliphatic rings. The van der Waals surface area contributed by atoms with Crippen molar-refractivity contribution in [2.45, 2.75) is 128 Å². The zero-order valence-corrected chi connectivity index (χ0v) is 37.0. The van der Waals surface area contributed by atoms with E-state index in [1.165, 1.54) is 102 Å². The van der Waals surface area contributed by atoms with Gasteiger partial charge in [-0.3, -0.25) is 19.8 Å². The van der Waals surface area contributed by atoms with Crippen LogP contribution in [0.25, 0.3) is 0 Å². The van der Waals surface area contributed by atoms with Gasteiger partial charge in [0.2, 0.25) is 0 Å². The highest BCUT2D eigenvalue weighted by atomic mass is 15.2. The Morgan fingerprint density at radius 1 is 0.617 bits per heavy atom. The van der Waals surface area contributed by atoms with Crippen molar-refractivity contribution in [1.29, 1.82) is 0 Å². The Balaban J connectivity index is 0.875. The van der Waals surface area contributed by atoms with Gasteiger partial charge in [-0.15, -0.1) is 0 Å². The van der Waals surface area contributed by atoms with Gasteiger partial charge in [0.05, 0.1) is 23.5 Å². The first kappa shape index (κ1) is 40.3. The first-order valence-electron chi connectivity index (χ1n) is 23.9. The second-order valence-corrected chi connectivity index (χ2v) is 20.0.